The molecule has 0 aromatic rings. The van der Waals surface area contributed by atoms with Crippen molar-refractivity contribution in [1.29, 1.82) is 0 Å². The highest BCUT2D eigenvalue weighted by atomic mass is 16.4. The van der Waals surface area contributed by atoms with Crippen LogP contribution < -0.4 is 10.6 Å². The summed E-state index contributed by atoms with van der Waals surface area (Å²) in [5.74, 6) is -0.898. The predicted octanol–water partition coefficient (Wildman–Crippen LogP) is 1.02. The summed E-state index contributed by atoms with van der Waals surface area (Å²) >= 11 is 0. The second-order valence-electron chi connectivity index (χ2n) is 4.84. The van der Waals surface area contributed by atoms with Gasteiger partial charge in [0.05, 0.1) is 0 Å². The Labute approximate surface area is 114 Å². The lowest BCUT2D eigenvalue weighted by Gasteiger charge is -2.27. The number of carboxylic acids is 1. The van der Waals surface area contributed by atoms with Gasteiger partial charge in [-0.15, -0.1) is 0 Å². The average Bonchev–Trinajstić information content (AvgIpc) is 2.63. The van der Waals surface area contributed by atoms with Crippen LogP contribution in [0.1, 0.15) is 39.0 Å². The first-order valence-corrected chi connectivity index (χ1v) is 7.14. The number of carbonyl (C=O) groups excluding carboxylic acids is 1. The first kappa shape index (κ1) is 15.8. The molecule has 1 rings (SSSR count). The van der Waals surface area contributed by atoms with Gasteiger partial charge in [-0.3, -0.25) is 0 Å². The van der Waals surface area contributed by atoms with Crippen molar-refractivity contribution in [2.24, 2.45) is 0 Å². The Kier molecular flexibility index (Phi) is 7.25. The van der Waals surface area contributed by atoms with E-state index in [1.165, 1.54) is 4.90 Å². The summed E-state index contributed by atoms with van der Waals surface area (Å²) in [5.41, 5.74) is 0. The van der Waals surface area contributed by atoms with Crippen molar-refractivity contribution in [2.45, 2.75) is 45.1 Å². The van der Waals surface area contributed by atoms with E-state index in [0.29, 0.717) is 19.5 Å². The normalized spacial score (nSPS) is 19.8. The Hall–Kier alpha value is -1.30. The minimum absolute atomic E-state index is 0.245. The molecule has 0 aromatic heterocycles. The molecule has 0 aliphatic carbocycles. The number of urea groups is 1. The molecule has 0 saturated carbocycles. The van der Waals surface area contributed by atoms with Crippen LogP contribution in [0.15, 0.2) is 0 Å². The molecule has 1 saturated heterocycles. The largest absolute Gasteiger partial charge is 0.480 e. The molecule has 1 atom stereocenters. The van der Waals surface area contributed by atoms with Crippen molar-refractivity contribution in [2.75, 3.05) is 26.2 Å². The third-order valence-corrected chi connectivity index (χ3v) is 3.36. The molecule has 1 heterocycles. The lowest BCUT2D eigenvalue weighted by molar-refractivity contribution is -0.142. The summed E-state index contributed by atoms with van der Waals surface area (Å²) in [7, 11) is 0. The Bertz CT molecular complexity index is 297. The molecule has 0 radical (unpaired) electrons. The van der Waals surface area contributed by atoms with Gasteiger partial charge >= 0.3 is 12.0 Å². The number of amides is 2. The topological polar surface area (TPSA) is 81.7 Å². The average molecular weight is 271 g/mol. The summed E-state index contributed by atoms with van der Waals surface area (Å²) in [6, 6.07) is -0.915. The maximum absolute atomic E-state index is 12.0. The zero-order valence-electron chi connectivity index (χ0n) is 11.7. The highest BCUT2D eigenvalue weighted by Crippen LogP contribution is 2.17. The smallest absolute Gasteiger partial charge is 0.326 e. The van der Waals surface area contributed by atoms with Crippen molar-refractivity contribution in [3.8, 4) is 0 Å². The lowest BCUT2D eigenvalue weighted by Crippen LogP contribution is -2.49. The molecular weight excluding hydrogens is 246 g/mol. The fourth-order valence-electron chi connectivity index (χ4n) is 2.30. The molecule has 110 valence electrons. The van der Waals surface area contributed by atoms with Crippen molar-refractivity contribution in [1.82, 2.24) is 15.5 Å². The lowest BCUT2D eigenvalue weighted by atomic mass is 10.1. The number of nitrogens with zero attached hydrogens (tertiary/aromatic N) is 1. The highest BCUT2D eigenvalue weighted by Gasteiger charge is 2.30. The molecule has 1 aliphatic heterocycles. The molecule has 1 fully saturated rings. The highest BCUT2D eigenvalue weighted by molar-refractivity contribution is 5.82. The predicted molar refractivity (Wildman–Crippen MR) is 73.2 cm³/mol. The number of likely N-dealkylation sites (tertiary alicyclic amines) is 1. The number of hydrogen-bond acceptors (Lipinski definition) is 3. The number of carbonyl (C=O) groups is 2. The fourth-order valence-corrected chi connectivity index (χ4v) is 2.30. The Morgan fingerprint density at radius 3 is 2.74 bits per heavy atom. The molecule has 6 heteroatoms. The van der Waals surface area contributed by atoms with E-state index in [1.807, 2.05) is 6.92 Å². The van der Waals surface area contributed by atoms with Crippen molar-refractivity contribution in [3.63, 3.8) is 0 Å². The Morgan fingerprint density at radius 1 is 1.26 bits per heavy atom. The minimum atomic E-state index is -0.898. The van der Waals surface area contributed by atoms with Crippen molar-refractivity contribution >= 4 is 12.0 Å². The van der Waals surface area contributed by atoms with Crippen LogP contribution in [0.2, 0.25) is 0 Å². The molecule has 6 nitrogen and oxygen atoms in total. The van der Waals surface area contributed by atoms with Crippen LogP contribution in [0, 0.1) is 0 Å². The van der Waals surface area contributed by atoms with Gasteiger partial charge in [0.25, 0.3) is 0 Å². The first-order chi connectivity index (χ1) is 9.16. The third-order valence-electron chi connectivity index (χ3n) is 3.36. The Morgan fingerprint density at radius 2 is 2.05 bits per heavy atom. The van der Waals surface area contributed by atoms with Gasteiger partial charge < -0.3 is 20.6 Å². The van der Waals surface area contributed by atoms with Gasteiger partial charge in [-0.05, 0) is 32.4 Å². The maximum atomic E-state index is 12.0. The molecular formula is C13H25N3O3. The summed E-state index contributed by atoms with van der Waals surface area (Å²) in [4.78, 5) is 24.7. The van der Waals surface area contributed by atoms with E-state index in [-0.39, 0.29) is 6.03 Å². The quantitative estimate of drug-likeness (QED) is 0.630. The van der Waals surface area contributed by atoms with Crippen molar-refractivity contribution in [3.05, 3.63) is 0 Å². The number of hydrogen-bond donors (Lipinski definition) is 3. The summed E-state index contributed by atoms with van der Waals surface area (Å²) in [6.07, 6.45) is 4.16. The number of nitrogens with one attached hydrogen (secondary N) is 2. The van der Waals surface area contributed by atoms with E-state index in [9.17, 15) is 14.7 Å². The SMILES string of the molecule is CCNCCCNC(=O)N1CCCCCC1C(=O)O. The zero-order valence-corrected chi connectivity index (χ0v) is 11.7. The van der Waals surface area contributed by atoms with Gasteiger partial charge in [0.1, 0.15) is 6.04 Å². The zero-order chi connectivity index (χ0) is 14.1. The molecule has 1 unspecified atom stereocenters. The summed E-state index contributed by atoms with van der Waals surface area (Å²) < 4.78 is 0. The number of rotatable bonds is 6. The van der Waals surface area contributed by atoms with E-state index in [1.54, 1.807) is 0 Å². The van der Waals surface area contributed by atoms with Crippen LogP contribution in [0.25, 0.3) is 0 Å². The van der Waals surface area contributed by atoms with Crippen LogP contribution in [-0.4, -0.2) is 54.2 Å². The maximum Gasteiger partial charge on any atom is 0.326 e. The summed E-state index contributed by atoms with van der Waals surface area (Å²) in [5, 5.41) is 15.2. The van der Waals surface area contributed by atoms with Gasteiger partial charge in [0.2, 0.25) is 0 Å². The van der Waals surface area contributed by atoms with Gasteiger partial charge in [-0.1, -0.05) is 19.8 Å². The molecule has 1 aliphatic rings. The van der Waals surface area contributed by atoms with Crippen molar-refractivity contribution < 1.29 is 14.7 Å². The second kappa shape index (κ2) is 8.74. The minimum Gasteiger partial charge on any atom is -0.480 e. The number of carboxylic acid groups (broad SMARTS) is 1. The molecule has 0 bridgehead atoms. The van der Waals surface area contributed by atoms with Gasteiger partial charge in [-0.2, -0.15) is 0 Å². The summed E-state index contributed by atoms with van der Waals surface area (Å²) in [6.45, 7) is 4.93. The molecule has 2 amide bonds. The van der Waals surface area contributed by atoms with Crippen LogP contribution in [0.4, 0.5) is 4.79 Å². The molecule has 19 heavy (non-hydrogen) atoms. The first-order valence-electron chi connectivity index (χ1n) is 7.14. The molecule has 0 spiro atoms. The van der Waals surface area contributed by atoms with E-state index in [0.717, 1.165) is 38.8 Å². The van der Waals surface area contributed by atoms with Gasteiger partial charge in [0.15, 0.2) is 0 Å². The van der Waals surface area contributed by atoms with Gasteiger partial charge in [0, 0.05) is 13.1 Å². The number of aliphatic carboxylic acids is 1. The van der Waals surface area contributed by atoms with E-state index >= 15 is 0 Å². The van der Waals surface area contributed by atoms with E-state index in [4.69, 9.17) is 0 Å². The van der Waals surface area contributed by atoms with Crippen LogP contribution in [0.3, 0.4) is 0 Å². The Balaban J connectivity index is 2.40. The van der Waals surface area contributed by atoms with E-state index < -0.39 is 12.0 Å². The van der Waals surface area contributed by atoms with E-state index in [2.05, 4.69) is 10.6 Å². The fraction of sp³-hybridized carbons (Fsp3) is 0.846. The molecule has 3 N–H and O–H groups in total. The monoisotopic (exact) mass is 271 g/mol. The molecule has 0 aromatic carbocycles. The van der Waals surface area contributed by atoms with Crippen LogP contribution in [0.5, 0.6) is 0 Å². The second-order valence-corrected chi connectivity index (χ2v) is 4.84. The van der Waals surface area contributed by atoms with Crippen LogP contribution >= 0.6 is 0 Å². The van der Waals surface area contributed by atoms with Crippen LogP contribution in [-0.2, 0) is 4.79 Å². The third kappa shape index (κ3) is 5.46. The van der Waals surface area contributed by atoms with Gasteiger partial charge in [-0.25, -0.2) is 9.59 Å². The standard InChI is InChI=1S/C13H25N3O3/c1-2-14-8-6-9-15-13(19)16-10-5-3-4-7-11(16)12(17)18/h11,14H,2-10H2,1H3,(H,15,19)(H,17,18).